The molecule has 0 atom stereocenters. The first-order valence-corrected chi connectivity index (χ1v) is 4.81. The second-order valence-electron chi connectivity index (χ2n) is 3.29. The van der Waals surface area contributed by atoms with Crippen LogP contribution in [0.15, 0.2) is 24.4 Å². The van der Waals surface area contributed by atoms with Crippen LogP contribution in [0.3, 0.4) is 0 Å². The van der Waals surface area contributed by atoms with Gasteiger partial charge < -0.3 is 5.32 Å². The Morgan fingerprint density at radius 3 is 2.39 bits per heavy atom. The molecule has 5 nitrogen and oxygen atoms in total. The normalized spacial score (nSPS) is 10.2. The highest BCUT2D eigenvalue weighted by atomic mass is 19.2. The minimum Gasteiger partial charge on any atom is -0.340 e. The first-order valence-electron chi connectivity index (χ1n) is 4.81. The molecule has 0 amide bonds. The number of nitrogens with zero attached hydrogens (tertiary/aromatic N) is 2. The van der Waals surface area contributed by atoms with Crippen molar-refractivity contribution in [1.29, 1.82) is 0 Å². The van der Waals surface area contributed by atoms with Gasteiger partial charge in [-0.1, -0.05) is 0 Å². The van der Waals surface area contributed by atoms with Gasteiger partial charge in [-0.05, 0) is 6.07 Å². The fourth-order valence-electron chi connectivity index (χ4n) is 1.27. The minimum absolute atomic E-state index is 0.0214. The van der Waals surface area contributed by atoms with Gasteiger partial charge in [0.05, 0.1) is 0 Å². The molecule has 0 radical (unpaired) electrons. The number of aromatic nitrogens is 2. The van der Waals surface area contributed by atoms with E-state index in [0.29, 0.717) is 0 Å². The summed E-state index contributed by atoms with van der Waals surface area (Å²) >= 11 is 0. The van der Waals surface area contributed by atoms with E-state index in [1.807, 2.05) is 0 Å². The van der Waals surface area contributed by atoms with Crippen LogP contribution >= 0.6 is 0 Å². The molecule has 0 fully saturated rings. The molecular weight excluding hydrogens is 247 g/mol. The van der Waals surface area contributed by atoms with Crippen molar-refractivity contribution >= 4 is 17.5 Å². The number of halogens is 3. The van der Waals surface area contributed by atoms with Gasteiger partial charge in [0, 0.05) is 24.0 Å². The molecule has 0 saturated heterocycles. The largest absolute Gasteiger partial charge is 0.340 e. The highest BCUT2D eigenvalue weighted by Crippen LogP contribution is 2.20. The molecule has 94 valence electrons. The van der Waals surface area contributed by atoms with Crippen LogP contribution in [0.2, 0.25) is 0 Å². The summed E-state index contributed by atoms with van der Waals surface area (Å²) in [7, 11) is 0. The number of hydrogen-bond acceptors (Lipinski definition) is 5. The van der Waals surface area contributed by atoms with E-state index in [9.17, 15) is 13.2 Å². The minimum atomic E-state index is -1.52. The standard InChI is InChI=1S/C10H8F3N5/c11-6-3-5(4-7(12)9(6)13)16-8-1-2-15-10(17-8)18-14/h1-4H,14H2,(H2,15,16,17,18). The van der Waals surface area contributed by atoms with Crippen LogP contribution in [-0.2, 0) is 0 Å². The van der Waals surface area contributed by atoms with Crippen molar-refractivity contribution in [3.8, 4) is 0 Å². The predicted octanol–water partition coefficient (Wildman–Crippen LogP) is 1.92. The molecule has 8 heteroatoms. The van der Waals surface area contributed by atoms with Gasteiger partial charge in [0.1, 0.15) is 5.82 Å². The lowest BCUT2D eigenvalue weighted by Crippen LogP contribution is -2.10. The quantitative estimate of drug-likeness (QED) is 0.444. The fourth-order valence-corrected chi connectivity index (χ4v) is 1.27. The van der Waals surface area contributed by atoms with Crippen molar-refractivity contribution in [3.63, 3.8) is 0 Å². The van der Waals surface area contributed by atoms with Crippen molar-refractivity contribution in [2.45, 2.75) is 0 Å². The maximum Gasteiger partial charge on any atom is 0.239 e. The zero-order chi connectivity index (χ0) is 13.1. The van der Waals surface area contributed by atoms with Gasteiger partial charge in [-0.15, -0.1) is 0 Å². The fraction of sp³-hybridized carbons (Fsp3) is 0. The van der Waals surface area contributed by atoms with Crippen LogP contribution in [-0.4, -0.2) is 9.97 Å². The monoisotopic (exact) mass is 255 g/mol. The van der Waals surface area contributed by atoms with Gasteiger partial charge in [0.15, 0.2) is 17.5 Å². The summed E-state index contributed by atoms with van der Waals surface area (Å²) in [6, 6.07) is 3.09. The van der Waals surface area contributed by atoms with Gasteiger partial charge in [0.2, 0.25) is 5.95 Å². The summed E-state index contributed by atoms with van der Waals surface area (Å²) in [5, 5.41) is 2.59. The van der Waals surface area contributed by atoms with E-state index in [4.69, 9.17) is 5.84 Å². The Bertz CT molecular complexity index is 552. The van der Waals surface area contributed by atoms with Crippen molar-refractivity contribution in [2.75, 3.05) is 10.7 Å². The third-order valence-electron chi connectivity index (χ3n) is 2.04. The zero-order valence-corrected chi connectivity index (χ0v) is 8.92. The average Bonchev–Trinajstić information content (AvgIpc) is 2.36. The Morgan fingerprint density at radius 1 is 1.11 bits per heavy atom. The lowest BCUT2D eigenvalue weighted by Gasteiger charge is -2.07. The van der Waals surface area contributed by atoms with Crippen LogP contribution < -0.4 is 16.6 Å². The van der Waals surface area contributed by atoms with E-state index in [1.165, 1.54) is 12.3 Å². The van der Waals surface area contributed by atoms with Gasteiger partial charge >= 0.3 is 0 Å². The molecule has 4 N–H and O–H groups in total. The Hall–Kier alpha value is -2.35. The van der Waals surface area contributed by atoms with E-state index in [2.05, 4.69) is 20.7 Å². The number of rotatable bonds is 3. The van der Waals surface area contributed by atoms with Crippen LogP contribution in [0.5, 0.6) is 0 Å². The first kappa shape index (κ1) is 12.1. The number of hydrogen-bond donors (Lipinski definition) is 3. The molecule has 0 spiro atoms. The molecule has 0 bridgehead atoms. The van der Waals surface area contributed by atoms with Crippen molar-refractivity contribution in [2.24, 2.45) is 5.84 Å². The van der Waals surface area contributed by atoms with Crippen LogP contribution in [0.4, 0.5) is 30.6 Å². The molecule has 1 heterocycles. The lowest BCUT2D eigenvalue weighted by atomic mass is 10.3. The second kappa shape index (κ2) is 4.88. The number of hydrazine groups is 1. The number of nitrogens with one attached hydrogen (secondary N) is 2. The van der Waals surface area contributed by atoms with E-state index >= 15 is 0 Å². The molecule has 18 heavy (non-hydrogen) atoms. The summed E-state index contributed by atoms with van der Waals surface area (Å²) in [6.07, 6.45) is 1.39. The van der Waals surface area contributed by atoms with E-state index in [1.54, 1.807) is 0 Å². The van der Waals surface area contributed by atoms with Gasteiger partial charge in [-0.25, -0.2) is 24.0 Å². The summed E-state index contributed by atoms with van der Waals surface area (Å²) in [5.41, 5.74) is 2.24. The van der Waals surface area contributed by atoms with Crippen molar-refractivity contribution in [3.05, 3.63) is 41.8 Å². The zero-order valence-electron chi connectivity index (χ0n) is 8.92. The summed E-state index contributed by atoms with van der Waals surface area (Å²) in [4.78, 5) is 7.62. The molecule has 0 unspecified atom stereocenters. The molecule has 0 aliphatic rings. The number of anilines is 3. The van der Waals surface area contributed by atoms with Crippen LogP contribution in [0.25, 0.3) is 0 Å². The third kappa shape index (κ3) is 2.48. The van der Waals surface area contributed by atoms with Crippen LogP contribution in [0, 0.1) is 17.5 Å². The Kier molecular flexibility index (Phi) is 3.28. The molecule has 1 aromatic carbocycles. The second-order valence-corrected chi connectivity index (χ2v) is 3.29. The molecule has 2 aromatic rings. The van der Waals surface area contributed by atoms with Crippen LogP contribution in [0.1, 0.15) is 0 Å². The number of nitrogen functional groups attached to an aromatic ring is 1. The summed E-state index contributed by atoms with van der Waals surface area (Å²) in [6.45, 7) is 0. The highest BCUT2D eigenvalue weighted by molar-refractivity contribution is 5.56. The Morgan fingerprint density at radius 2 is 1.78 bits per heavy atom. The summed E-state index contributed by atoms with van der Waals surface area (Å²) < 4.78 is 38.7. The smallest absolute Gasteiger partial charge is 0.239 e. The average molecular weight is 255 g/mol. The molecule has 0 aliphatic carbocycles. The Labute approximate surface area is 99.8 Å². The molecule has 0 aliphatic heterocycles. The molecule has 2 rings (SSSR count). The Balaban J connectivity index is 2.28. The van der Waals surface area contributed by atoms with Gasteiger partial charge in [0.25, 0.3) is 0 Å². The van der Waals surface area contributed by atoms with E-state index < -0.39 is 17.5 Å². The van der Waals surface area contributed by atoms with E-state index in [-0.39, 0.29) is 17.5 Å². The number of benzene rings is 1. The maximum absolute atomic E-state index is 13.0. The summed E-state index contributed by atoms with van der Waals surface area (Å²) in [5.74, 6) is 1.39. The lowest BCUT2D eigenvalue weighted by molar-refractivity contribution is 0.448. The van der Waals surface area contributed by atoms with Gasteiger partial charge in [-0.3, -0.25) is 5.43 Å². The third-order valence-corrected chi connectivity index (χ3v) is 2.04. The predicted molar refractivity (Wildman–Crippen MR) is 59.4 cm³/mol. The first-order chi connectivity index (χ1) is 8.60. The van der Waals surface area contributed by atoms with Gasteiger partial charge in [-0.2, -0.15) is 4.98 Å². The van der Waals surface area contributed by atoms with Crippen molar-refractivity contribution in [1.82, 2.24) is 9.97 Å². The van der Waals surface area contributed by atoms with E-state index in [0.717, 1.165) is 12.1 Å². The molecule has 0 saturated carbocycles. The maximum atomic E-state index is 13.0. The molecular formula is C10H8F3N5. The molecule has 1 aromatic heterocycles. The number of nitrogens with two attached hydrogens (primary N) is 1. The van der Waals surface area contributed by atoms with Crippen molar-refractivity contribution < 1.29 is 13.2 Å². The SMILES string of the molecule is NNc1nccc(Nc2cc(F)c(F)c(F)c2)n1. The topological polar surface area (TPSA) is 75.9 Å². The highest BCUT2D eigenvalue weighted by Gasteiger charge is 2.10.